The van der Waals surface area contributed by atoms with Crippen LogP contribution in [0.2, 0.25) is 0 Å². The average molecular weight is 322 g/mol. The van der Waals surface area contributed by atoms with E-state index in [1.165, 1.54) is 11.3 Å². The summed E-state index contributed by atoms with van der Waals surface area (Å²) in [5.41, 5.74) is 0.805. The third-order valence-electron chi connectivity index (χ3n) is 3.79. The molecular weight excluding hydrogens is 304 g/mol. The number of piperidine rings is 1. The van der Waals surface area contributed by atoms with Gasteiger partial charge in [-0.1, -0.05) is 6.07 Å². The smallest absolute Gasteiger partial charge is 0.265 e. The number of hydrogen-bond donors (Lipinski definition) is 1. The lowest BCUT2D eigenvalue weighted by Crippen LogP contribution is -2.40. The van der Waals surface area contributed by atoms with E-state index in [0.717, 1.165) is 39.8 Å². The van der Waals surface area contributed by atoms with E-state index in [9.17, 15) is 9.90 Å². The van der Waals surface area contributed by atoms with Gasteiger partial charge in [0, 0.05) is 19.7 Å². The van der Waals surface area contributed by atoms with Crippen LogP contribution >= 0.6 is 22.7 Å². The Morgan fingerprint density at radius 1 is 1.57 bits per heavy atom. The normalized spacial score (nSPS) is 19.0. The number of likely N-dealkylation sites (tertiary alicyclic amines) is 1. The Labute approximate surface area is 132 Å². The summed E-state index contributed by atoms with van der Waals surface area (Å²) in [4.78, 5) is 20.9. The van der Waals surface area contributed by atoms with Crippen molar-refractivity contribution in [3.05, 3.63) is 28.1 Å². The predicted octanol–water partition coefficient (Wildman–Crippen LogP) is 3.02. The van der Waals surface area contributed by atoms with Crippen LogP contribution in [-0.2, 0) is 0 Å². The van der Waals surface area contributed by atoms with Gasteiger partial charge in [-0.05, 0) is 37.1 Å². The van der Waals surface area contributed by atoms with Crippen molar-refractivity contribution in [3.8, 4) is 9.88 Å². The molecule has 21 heavy (non-hydrogen) atoms. The Morgan fingerprint density at radius 2 is 2.43 bits per heavy atom. The van der Waals surface area contributed by atoms with Crippen LogP contribution in [-0.4, -0.2) is 40.6 Å². The molecule has 1 aliphatic heterocycles. The molecule has 1 saturated heterocycles. The summed E-state index contributed by atoms with van der Waals surface area (Å²) in [5, 5.41) is 12.2. The summed E-state index contributed by atoms with van der Waals surface area (Å²) in [7, 11) is 0. The highest BCUT2D eigenvalue weighted by atomic mass is 32.1. The number of carbonyl (C=O) groups excluding carboxylic acids is 1. The zero-order valence-electron chi connectivity index (χ0n) is 11.9. The van der Waals surface area contributed by atoms with Gasteiger partial charge in [-0.3, -0.25) is 4.79 Å². The van der Waals surface area contributed by atoms with E-state index in [-0.39, 0.29) is 18.4 Å². The van der Waals surface area contributed by atoms with Gasteiger partial charge in [-0.15, -0.1) is 22.7 Å². The number of carbonyl (C=O) groups is 1. The summed E-state index contributed by atoms with van der Waals surface area (Å²) in [6, 6.07) is 4.02. The number of amides is 1. The molecule has 2 aromatic rings. The first kappa shape index (κ1) is 14.7. The van der Waals surface area contributed by atoms with Crippen molar-refractivity contribution < 1.29 is 9.90 Å². The van der Waals surface area contributed by atoms with Crippen LogP contribution in [0.5, 0.6) is 0 Å². The largest absolute Gasteiger partial charge is 0.396 e. The van der Waals surface area contributed by atoms with E-state index in [4.69, 9.17) is 0 Å². The molecule has 3 rings (SSSR count). The van der Waals surface area contributed by atoms with Crippen LogP contribution in [0.1, 0.15) is 28.2 Å². The van der Waals surface area contributed by atoms with Gasteiger partial charge in [-0.25, -0.2) is 4.98 Å². The average Bonchev–Trinajstić information content (AvgIpc) is 3.16. The Morgan fingerprint density at radius 3 is 3.14 bits per heavy atom. The molecule has 6 heteroatoms. The van der Waals surface area contributed by atoms with Gasteiger partial charge in [0.15, 0.2) is 0 Å². The van der Waals surface area contributed by atoms with Gasteiger partial charge >= 0.3 is 0 Å². The number of aliphatic hydroxyl groups excluding tert-OH is 1. The molecule has 4 nitrogen and oxygen atoms in total. The second-order valence-corrected chi connectivity index (χ2v) is 7.30. The van der Waals surface area contributed by atoms with E-state index in [0.29, 0.717) is 6.54 Å². The third-order valence-corrected chi connectivity index (χ3v) is 5.97. The summed E-state index contributed by atoms with van der Waals surface area (Å²) in [6.45, 7) is 3.49. The monoisotopic (exact) mass is 322 g/mol. The van der Waals surface area contributed by atoms with E-state index < -0.39 is 0 Å². The van der Waals surface area contributed by atoms with Crippen molar-refractivity contribution in [2.75, 3.05) is 19.7 Å². The quantitative estimate of drug-likeness (QED) is 0.945. The highest BCUT2D eigenvalue weighted by Crippen LogP contribution is 2.32. The lowest BCUT2D eigenvalue weighted by molar-refractivity contribution is 0.0624. The molecule has 0 saturated carbocycles. The zero-order chi connectivity index (χ0) is 14.8. The Kier molecular flexibility index (Phi) is 4.37. The minimum absolute atomic E-state index is 0.0611. The van der Waals surface area contributed by atoms with Gasteiger partial charge in [0.2, 0.25) is 0 Å². The zero-order valence-corrected chi connectivity index (χ0v) is 13.5. The maximum atomic E-state index is 12.7. The van der Waals surface area contributed by atoms with Crippen molar-refractivity contribution in [2.24, 2.45) is 5.92 Å². The highest BCUT2D eigenvalue weighted by Gasteiger charge is 2.27. The topological polar surface area (TPSA) is 53.4 Å². The lowest BCUT2D eigenvalue weighted by atomic mass is 9.99. The first-order valence-electron chi connectivity index (χ1n) is 7.10. The number of rotatable bonds is 3. The van der Waals surface area contributed by atoms with Gasteiger partial charge in [0.25, 0.3) is 5.91 Å². The second-order valence-electron chi connectivity index (χ2n) is 5.35. The maximum absolute atomic E-state index is 12.7. The van der Waals surface area contributed by atoms with E-state index in [2.05, 4.69) is 4.98 Å². The molecule has 112 valence electrons. The molecule has 3 heterocycles. The van der Waals surface area contributed by atoms with Crippen molar-refractivity contribution in [1.82, 2.24) is 9.88 Å². The minimum atomic E-state index is 0.0611. The molecule has 2 aromatic heterocycles. The molecular formula is C15H18N2O2S2. The van der Waals surface area contributed by atoms with Crippen molar-refractivity contribution >= 4 is 28.6 Å². The van der Waals surface area contributed by atoms with Crippen molar-refractivity contribution in [3.63, 3.8) is 0 Å². The molecule has 0 spiro atoms. The fourth-order valence-corrected chi connectivity index (χ4v) is 4.47. The van der Waals surface area contributed by atoms with Crippen LogP contribution in [0, 0.1) is 12.8 Å². The van der Waals surface area contributed by atoms with Gasteiger partial charge in [-0.2, -0.15) is 0 Å². The number of aromatic nitrogens is 1. The number of aryl methyl sites for hydroxylation is 1. The highest BCUT2D eigenvalue weighted by molar-refractivity contribution is 7.22. The fraction of sp³-hybridized carbons (Fsp3) is 0.467. The molecule has 0 aliphatic carbocycles. The standard InChI is InChI=1S/C15H18N2O2S2/c1-10-13(21-14(16-10)12-5-3-7-20-12)15(19)17-6-2-4-11(8-17)9-18/h3,5,7,11,18H,2,4,6,8-9H2,1H3. The van der Waals surface area contributed by atoms with E-state index >= 15 is 0 Å². The fourth-order valence-electron chi connectivity index (χ4n) is 2.64. The second kappa shape index (κ2) is 6.25. The van der Waals surface area contributed by atoms with Crippen molar-refractivity contribution in [2.45, 2.75) is 19.8 Å². The summed E-state index contributed by atoms with van der Waals surface area (Å²) < 4.78 is 0. The molecule has 1 unspecified atom stereocenters. The van der Waals surface area contributed by atoms with Crippen LogP contribution in [0.4, 0.5) is 0 Å². The molecule has 0 aromatic carbocycles. The molecule has 1 fully saturated rings. The Bertz CT molecular complexity index is 622. The third kappa shape index (κ3) is 3.02. The van der Waals surface area contributed by atoms with Gasteiger partial charge in [0.05, 0.1) is 10.6 Å². The number of thiophene rings is 1. The number of hydrogen-bond acceptors (Lipinski definition) is 5. The van der Waals surface area contributed by atoms with Crippen LogP contribution in [0.25, 0.3) is 9.88 Å². The van der Waals surface area contributed by atoms with E-state index in [1.54, 1.807) is 11.3 Å². The Hall–Kier alpha value is -1.24. The molecule has 1 N–H and O–H groups in total. The van der Waals surface area contributed by atoms with Crippen LogP contribution < -0.4 is 0 Å². The summed E-state index contributed by atoms with van der Waals surface area (Å²) in [6.07, 6.45) is 1.97. The molecule has 1 atom stereocenters. The first-order chi connectivity index (χ1) is 10.2. The number of nitrogens with zero attached hydrogens (tertiary/aromatic N) is 2. The van der Waals surface area contributed by atoms with Gasteiger partial charge < -0.3 is 10.0 Å². The minimum Gasteiger partial charge on any atom is -0.396 e. The van der Waals surface area contributed by atoms with Gasteiger partial charge in [0.1, 0.15) is 9.88 Å². The van der Waals surface area contributed by atoms with E-state index in [1.807, 2.05) is 29.3 Å². The molecule has 0 bridgehead atoms. The van der Waals surface area contributed by atoms with Crippen LogP contribution in [0.15, 0.2) is 17.5 Å². The molecule has 0 radical (unpaired) electrons. The SMILES string of the molecule is Cc1nc(-c2cccs2)sc1C(=O)N1CCCC(CO)C1. The number of aliphatic hydroxyl groups is 1. The molecule has 1 amide bonds. The Balaban J connectivity index is 1.81. The molecule has 1 aliphatic rings. The van der Waals surface area contributed by atoms with Crippen LogP contribution in [0.3, 0.4) is 0 Å². The summed E-state index contributed by atoms with van der Waals surface area (Å²) in [5.74, 6) is 0.277. The number of thiazole rings is 1. The lowest BCUT2D eigenvalue weighted by Gasteiger charge is -2.31. The predicted molar refractivity (Wildman–Crippen MR) is 85.9 cm³/mol. The summed E-state index contributed by atoms with van der Waals surface area (Å²) >= 11 is 3.11. The first-order valence-corrected chi connectivity index (χ1v) is 8.80. The van der Waals surface area contributed by atoms with Crippen molar-refractivity contribution in [1.29, 1.82) is 0 Å². The maximum Gasteiger partial charge on any atom is 0.265 e.